The zero-order valence-corrected chi connectivity index (χ0v) is 11.3. The zero-order chi connectivity index (χ0) is 13.7. The van der Waals surface area contributed by atoms with Crippen molar-refractivity contribution in [3.05, 3.63) is 59.6 Å². The first-order chi connectivity index (χ1) is 9.16. The summed E-state index contributed by atoms with van der Waals surface area (Å²) in [6.07, 6.45) is 0. The van der Waals surface area contributed by atoms with Crippen LogP contribution >= 0.6 is 11.6 Å². The predicted octanol–water partition coefficient (Wildman–Crippen LogP) is 3.38. The standard InChI is InChI=1S/C15H14ClNO2/c1-17(13-5-3-2-4-6-13)15(18)11-19-14-9-7-12(16)8-10-14/h2-10H,11H2,1H3. The van der Waals surface area contributed by atoms with Crippen LogP contribution in [0.5, 0.6) is 5.75 Å². The Morgan fingerprint density at radius 2 is 1.74 bits per heavy atom. The van der Waals surface area contributed by atoms with Crippen molar-refractivity contribution in [1.82, 2.24) is 0 Å². The fourth-order valence-electron chi connectivity index (χ4n) is 1.57. The Balaban J connectivity index is 1.93. The summed E-state index contributed by atoms with van der Waals surface area (Å²) in [6.45, 7) is -0.00692. The zero-order valence-electron chi connectivity index (χ0n) is 10.5. The van der Waals surface area contributed by atoms with Crippen LogP contribution < -0.4 is 9.64 Å². The van der Waals surface area contributed by atoms with Crippen molar-refractivity contribution in [1.29, 1.82) is 0 Å². The van der Waals surface area contributed by atoms with Gasteiger partial charge in [-0.1, -0.05) is 29.8 Å². The van der Waals surface area contributed by atoms with Gasteiger partial charge in [0.25, 0.3) is 5.91 Å². The highest BCUT2D eigenvalue weighted by molar-refractivity contribution is 6.30. The van der Waals surface area contributed by atoms with Gasteiger partial charge in [0.2, 0.25) is 0 Å². The van der Waals surface area contributed by atoms with Crippen LogP contribution in [0.2, 0.25) is 5.02 Å². The van der Waals surface area contributed by atoms with Crippen LogP contribution in [0, 0.1) is 0 Å². The molecule has 3 nitrogen and oxygen atoms in total. The van der Waals surface area contributed by atoms with E-state index in [2.05, 4.69) is 0 Å². The summed E-state index contributed by atoms with van der Waals surface area (Å²) in [4.78, 5) is 13.5. The Morgan fingerprint density at radius 1 is 1.11 bits per heavy atom. The molecular formula is C15H14ClNO2. The molecule has 2 aromatic rings. The molecule has 1 amide bonds. The highest BCUT2D eigenvalue weighted by Crippen LogP contribution is 2.16. The number of amides is 1. The van der Waals surface area contributed by atoms with Crippen LogP contribution in [0.25, 0.3) is 0 Å². The van der Waals surface area contributed by atoms with Gasteiger partial charge in [-0.05, 0) is 36.4 Å². The maximum absolute atomic E-state index is 12.0. The number of carbonyl (C=O) groups excluding carboxylic acids is 1. The van der Waals surface area contributed by atoms with Gasteiger partial charge in [0.15, 0.2) is 6.61 Å². The largest absolute Gasteiger partial charge is 0.484 e. The molecule has 2 rings (SSSR count). The molecule has 98 valence electrons. The van der Waals surface area contributed by atoms with E-state index in [1.807, 2.05) is 30.3 Å². The molecule has 0 aromatic heterocycles. The molecule has 0 heterocycles. The van der Waals surface area contributed by atoms with E-state index in [-0.39, 0.29) is 12.5 Å². The molecule has 4 heteroatoms. The molecule has 0 aliphatic carbocycles. The Bertz CT molecular complexity index is 540. The first-order valence-corrected chi connectivity index (χ1v) is 6.24. The van der Waals surface area contributed by atoms with Crippen molar-refractivity contribution < 1.29 is 9.53 Å². The highest BCUT2D eigenvalue weighted by Gasteiger charge is 2.11. The highest BCUT2D eigenvalue weighted by atomic mass is 35.5. The van der Waals surface area contributed by atoms with E-state index in [0.29, 0.717) is 10.8 Å². The summed E-state index contributed by atoms with van der Waals surface area (Å²) in [5.41, 5.74) is 0.840. The third-order valence-corrected chi connectivity index (χ3v) is 2.95. The van der Waals surface area contributed by atoms with Gasteiger partial charge in [-0.15, -0.1) is 0 Å². The summed E-state index contributed by atoms with van der Waals surface area (Å²) >= 11 is 5.77. The van der Waals surface area contributed by atoms with Gasteiger partial charge in [0, 0.05) is 17.8 Å². The summed E-state index contributed by atoms with van der Waals surface area (Å²) < 4.78 is 5.42. The van der Waals surface area contributed by atoms with Gasteiger partial charge in [0.05, 0.1) is 0 Å². The van der Waals surface area contributed by atoms with E-state index in [1.54, 1.807) is 36.2 Å². The Hall–Kier alpha value is -2.00. The SMILES string of the molecule is CN(C(=O)COc1ccc(Cl)cc1)c1ccccc1. The lowest BCUT2D eigenvalue weighted by atomic mass is 10.3. The molecule has 0 saturated carbocycles. The minimum Gasteiger partial charge on any atom is -0.484 e. The quantitative estimate of drug-likeness (QED) is 0.856. The van der Waals surface area contributed by atoms with Crippen molar-refractivity contribution >= 4 is 23.2 Å². The minimum absolute atomic E-state index is 0.00692. The van der Waals surface area contributed by atoms with Crippen molar-refractivity contribution in [3.63, 3.8) is 0 Å². The third-order valence-electron chi connectivity index (χ3n) is 2.69. The lowest BCUT2D eigenvalue weighted by molar-refractivity contribution is -0.120. The van der Waals surface area contributed by atoms with Gasteiger partial charge >= 0.3 is 0 Å². The number of likely N-dealkylation sites (N-methyl/N-ethyl adjacent to an activating group) is 1. The molecule has 0 fully saturated rings. The van der Waals surface area contributed by atoms with Crippen LogP contribution in [0.15, 0.2) is 54.6 Å². The molecule has 0 unspecified atom stereocenters. The molecule has 19 heavy (non-hydrogen) atoms. The number of hydrogen-bond acceptors (Lipinski definition) is 2. The summed E-state index contributed by atoms with van der Waals surface area (Å²) in [5.74, 6) is 0.514. The Morgan fingerprint density at radius 3 is 2.37 bits per heavy atom. The van der Waals surface area contributed by atoms with Crippen molar-refractivity contribution in [3.8, 4) is 5.75 Å². The fraction of sp³-hybridized carbons (Fsp3) is 0.133. The lowest BCUT2D eigenvalue weighted by Gasteiger charge is -2.17. The second kappa shape index (κ2) is 6.25. The van der Waals surface area contributed by atoms with E-state index in [1.165, 1.54) is 0 Å². The van der Waals surface area contributed by atoms with E-state index in [0.717, 1.165) is 5.69 Å². The average Bonchev–Trinajstić information content (AvgIpc) is 2.46. The van der Waals surface area contributed by atoms with Crippen molar-refractivity contribution in [2.45, 2.75) is 0 Å². The van der Waals surface area contributed by atoms with E-state index in [9.17, 15) is 4.79 Å². The summed E-state index contributed by atoms with van der Waals surface area (Å²) in [6, 6.07) is 16.4. The Kier molecular flexibility index (Phi) is 4.42. The fourth-order valence-corrected chi connectivity index (χ4v) is 1.69. The van der Waals surface area contributed by atoms with Crippen LogP contribution in [0.1, 0.15) is 0 Å². The number of ether oxygens (including phenoxy) is 1. The maximum Gasteiger partial charge on any atom is 0.264 e. The molecular weight excluding hydrogens is 262 g/mol. The van der Waals surface area contributed by atoms with Gasteiger partial charge in [-0.2, -0.15) is 0 Å². The molecule has 0 saturated heterocycles. The number of benzene rings is 2. The van der Waals surface area contributed by atoms with E-state index < -0.39 is 0 Å². The molecule has 0 N–H and O–H groups in total. The van der Waals surface area contributed by atoms with Crippen LogP contribution in [0.4, 0.5) is 5.69 Å². The molecule has 2 aromatic carbocycles. The average molecular weight is 276 g/mol. The second-order valence-electron chi connectivity index (χ2n) is 4.03. The van der Waals surface area contributed by atoms with E-state index >= 15 is 0 Å². The summed E-state index contributed by atoms with van der Waals surface area (Å²) in [5, 5.41) is 0.639. The summed E-state index contributed by atoms with van der Waals surface area (Å²) in [7, 11) is 1.73. The van der Waals surface area contributed by atoms with Crippen molar-refractivity contribution in [2.75, 3.05) is 18.6 Å². The van der Waals surface area contributed by atoms with Crippen LogP contribution in [0.3, 0.4) is 0 Å². The van der Waals surface area contributed by atoms with Crippen molar-refractivity contribution in [2.24, 2.45) is 0 Å². The monoisotopic (exact) mass is 275 g/mol. The normalized spacial score (nSPS) is 10.0. The molecule has 0 aliphatic heterocycles. The first kappa shape index (κ1) is 13.4. The number of carbonyl (C=O) groups is 1. The number of anilines is 1. The van der Waals surface area contributed by atoms with Crippen LogP contribution in [-0.2, 0) is 4.79 Å². The first-order valence-electron chi connectivity index (χ1n) is 5.87. The number of hydrogen-bond donors (Lipinski definition) is 0. The Labute approximate surface area is 117 Å². The van der Waals surface area contributed by atoms with Crippen LogP contribution in [-0.4, -0.2) is 19.6 Å². The minimum atomic E-state index is -0.110. The number of halogens is 1. The number of nitrogens with zero attached hydrogens (tertiary/aromatic N) is 1. The maximum atomic E-state index is 12.0. The van der Waals surface area contributed by atoms with Gasteiger partial charge in [-0.25, -0.2) is 0 Å². The number of rotatable bonds is 4. The van der Waals surface area contributed by atoms with Gasteiger partial charge in [0.1, 0.15) is 5.75 Å². The van der Waals surface area contributed by atoms with Gasteiger partial charge in [-0.3, -0.25) is 4.79 Å². The second-order valence-corrected chi connectivity index (χ2v) is 4.47. The lowest BCUT2D eigenvalue weighted by Crippen LogP contribution is -2.31. The number of para-hydroxylation sites is 1. The van der Waals surface area contributed by atoms with Gasteiger partial charge < -0.3 is 9.64 Å². The molecule has 0 spiro atoms. The smallest absolute Gasteiger partial charge is 0.264 e. The molecule has 0 bridgehead atoms. The topological polar surface area (TPSA) is 29.5 Å². The molecule has 0 radical (unpaired) electrons. The predicted molar refractivity (Wildman–Crippen MR) is 76.8 cm³/mol. The third kappa shape index (κ3) is 3.73. The van der Waals surface area contributed by atoms with E-state index in [4.69, 9.17) is 16.3 Å². The molecule has 0 aliphatic rings. The molecule has 0 atom stereocenters.